The van der Waals surface area contributed by atoms with Crippen LogP contribution in [0.25, 0.3) is 17.4 Å². The van der Waals surface area contributed by atoms with E-state index in [-0.39, 0.29) is 11.4 Å². The first kappa shape index (κ1) is 21.9. The van der Waals surface area contributed by atoms with Gasteiger partial charge in [-0.05, 0) is 48.2 Å². The second-order valence-electron chi connectivity index (χ2n) is 7.18. The number of aliphatic imine (C=N–C) groups is 1. The summed E-state index contributed by atoms with van der Waals surface area (Å²) in [4.78, 5) is 28.4. The summed E-state index contributed by atoms with van der Waals surface area (Å²) in [6, 6.07) is 17.4. The minimum Gasteiger partial charge on any atom is -0.465 e. The average molecular weight is 491 g/mol. The van der Waals surface area contributed by atoms with Gasteiger partial charge in [-0.15, -0.1) is 0 Å². The van der Waals surface area contributed by atoms with Gasteiger partial charge in [-0.25, -0.2) is 4.79 Å². The predicted molar refractivity (Wildman–Crippen MR) is 131 cm³/mol. The molecule has 168 valence electrons. The lowest BCUT2D eigenvalue weighted by Crippen LogP contribution is -2.35. The number of amidine groups is 2. The van der Waals surface area contributed by atoms with Crippen LogP contribution in [0.4, 0.5) is 0 Å². The molecule has 34 heavy (non-hydrogen) atoms. The first-order chi connectivity index (χ1) is 16.4. The van der Waals surface area contributed by atoms with Gasteiger partial charge in [-0.2, -0.15) is 15.1 Å². The SMILES string of the molecule is COC(=O)c1ccc(-c2ccc(C=C3C(=N)N4N=C(c5ccccc5Cl)SC4=NC3=O)o2)cc1. The van der Waals surface area contributed by atoms with Crippen molar-refractivity contribution in [3.63, 3.8) is 0 Å². The number of nitrogens with zero attached hydrogens (tertiary/aromatic N) is 3. The largest absolute Gasteiger partial charge is 0.465 e. The van der Waals surface area contributed by atoms with Crippen molar-refractivity contribution in [2.24, 2.45) is 10.1 Å². The topological polar surface area (TPSA) is 108 Å². The maximum Gasteiger partial charge on any atom is 0.337 e. The summed E-state index contributed by atoms with van der Waals surface area (Å²) in [6.07, 6.45) is 1.46. The van der Waals surface area contributed by atoms with E-state index in [4.69, 9.17) is 26.2 Å². The minimum absolute atomic E-state index is 0.0513. The van der Waals surface area contributed by atoms with Crippen molar-refractivity contribution in [2.75, 3.05) is 7.11 Å². The molecule has 0 bridgehead atoms. The molecule has 0 aliphatic carbocycles. The summed E-state index contributed by atoms with van der Waals surface area (Å²) in [5, 5.41) is 15.7. The molecule has 0 unspecified atom stereocenters. The van der Waals surface area contributed by atoms with E-state index in [1.54, 1.807) is 42.5 Å². The van der Waals surface area contributed by atoms with Crippen LogP contribution in [0.2, 0.25) is 5.02 Å². The molecule has 8 nitrogen and oxygen atoms in total. The third-order valence-corrected chi connectivity index (χ3v) is 6.33. The fourth-order valence-corrected chi connectivity index (χ4v) is 4.56. The zero-order valence-corrected chi connectivity index (χ0v) is 19.2. The third kappa shape index (κ3) is 3.95. The van der Waals surface area contributed by atoms with Crippen LogP contribution >= 0.6 is 23.4 Å². The number of nitrogens with one attached hydrogen (secondary N) is 1. The van der Waals surface area contributed by atoms with Crippen molar-refractivity contribution in [3.8, 4) is 11.3 Å². The molecule has 0 saturated heterocycles. The number of amides is 1. The summed E-state index contributed by atoms with van der Waals surface area (Å²) in [5.41, 5.74) is 1.92. The lowest BCUT2D eigenvalue weighted by Gasteiger charge is -2.19. The Hall–Kier alpha value is -3.95. The Bertz CT molecular complexity index is 1440. The molecular formula is C24H15ClN4O4S. The molecule has 1 aromatic heterocycles. The van der Waals surface area contributed by atoms with E-state index in [0.717, 1.165) is 5.56 Å². The second-order valence-corrected chi connectivity index (χ2v) is 8.54. The van der Waals surface area contributed by atoms with Crippen molar-refractivity contribution in [1.29, 1.82) is 5.41 Å². The third-order valence-electron chi connectivity index (χ3n) is 5.06. The zero-order valence-electron chi connectivity index (χ0n) is 17.6. The van der Waals surface area contributed by atoms with Gasteiger partial charge in [0.15, 0.2) is 5.84 Å². The molecule has 0 spiro atoms. The lowest BCUT2D eigenvalue weighted by atomic mass is 10.1. The number of hydrogen-bond donors (Lipinski definition) is 1. The van der Waals surface area contributed by atoms with Gasteiger partial charge in [0.1, 0.15) is 16.6 Å². The van der Waals surface area contributed by atoms with E-state index in [2.05, 4.69) is 10.1 Å². The second kappa shape index (κ2) is 8.77. The number of methoxy groups -OCH3 is 1. The van der Waals surface area contributed by atoms with Crippen LogP contribution in [0.15, 0.2) is 80.7 Å². The number of hydrogen-bond acceptors (Lipinski definition) is 7. The summed E-state index contributed by atoms with van der Waals surface area (Å²) in [7, 11) is 1.32. The highest BCUT2D eigenvalue weighted by molar-refractivity contribution is 8.27. The van der Waals surface area contributed by atoms with Crippen molar-refractivity contribution in [3.05, 3.63) is 88.1 Å². The standard InChI is InChI=1S/C24H15ClN4O4S/c1-32-23(31)14-8-6-13(7-9-14)19-11-10-15(33-19)12-17-20(26)29-24(27-21(17)30)34-22(28-29)16-4-2-3-5-18(16)25/h2-12,26H,1H3. The van der Waals surface area contributed by atoms with E-state index in [9.17, 15) is 9.59 Å². The molecular weight excluding hydrogens is 476 g/mol. The van der Waals surface area contributed by atoms with Crippen LogP contribution in [0.5, 0.6) is 0 Å². The summed E-state index contributed by atoms with van der Waals surface area (Å²) < 4.78 is 10.6. The number of rotatable bonds is 4. The van der Waals surface area contributed by atoms with Gasteiger partial charge >= 0.3 is 5.97 Å². The molecule has 3 aromatic rings. The maximum absolute atomic E-state index is 12.7. The number of fused-ring (bicyclic) bond motifs is 1. The molecule has 2 aliphatic heterocycles. The highest BCUT2D eigenvalue weighted by Gasteiger charge is 2.36. The number of carbonyl (C=O) groups excluding carboxylic acids is 2. The number of thioether (sulfide) groups is 1. The van der Waals surface area contributed by atoms with Crippen LogP contribution in [0.3, 0.4) is 0 Å². The van der Waals surface area contributed by atoms with E-state index in [1.807, 2.05) is 18.2 Å². The number of furan rings is 1. The molecule has 0 radical (unpaired) electrons. The maximum atomic E-state index is 12.7. The van der Waals surface area contributed by atoms with Gasteiger partial charge in [-0.1, -0.05) is 41.9 Å². The number of hydrazone groups is 1. The summed E-state index contributed by atoms with van der Waals surface area (Å²) in [5.74, 6) is -0.172. The molecule has 0 saturated carbocycles. The highest BCUT2D eigenvalue weighted by Crippen LogP contribution is 2.33. The van der Waals surface area contributed by atoms with Gasteiger partial charge in [0.2, 0.25) is 5.17 Å². The van der Waals surface area contributed by atoms with Gasteiger partial charge in [0, 0.05) is 11.1 Å². The summed E-state index contributed by atoms with van der Waals surface area (Å²) >= 11 is 7.45. The Balaban J connectivity index is 1.41. The minimum atomic E-state index is -0.556. The molecule has 1 N–H and O–H groups in total. The zero-order chi connectivity index (χ0) is 23.8. The van der Waals surface area contributed by atoms with Crippen LogP contribution in [0.1, 0.15) is 21.7 Å². The number of ether oxygens (including phenoxy) is 1. The average Bonchev–Trinajstić information content (AvgIpc) is 3.49. The summed E-state index contributed by atoms with van der Waals surface area (Å²) in [6.45, 7) is 0. The van der Waals surface area contributed by atoms with Crippen molar-refractivity contribution in [2.45, 2.75) is 0 Å². The molecule has 5 rings (SSSR count). The lowest BCUT2D eigenvalue weighted by molar-refractivity contribution is -0.114. The highest BCUT2D eigenvalue weighted by atomic mass is 35.5. The van der Waals surface area contributed by atoms with Gasteiger partial charge < -0.3 is 9.15 Å². The van der Waals surface area contributed by atoms with E-state index in [1.165, 1.54) is 30.0 Å². The van der Waals surface area contributed by atoms with Gasteiger partial charge in [0.25, 0.3) is 5.91 Å². The first-order valence-corrected chi connectivity index (χ1v) is 11.2. The first-order valence-electron chi connectivity index (χ1n) is 9.98. The van der Waals surface area contributed by atoms with Crippen LogP contribution in [-0.2, 0) is 9.53 Å². The quantitative estimate of drug-likeness (QED) is 0.404. The van der Waals surface area contributed by atoms with Crippen LogP contribution in [0, 0.1) is 5.41 Å². The molecule has 3 heterocycles. The van der Waals surface area contributed by atoms with Crippen molar-refractivity contribution < 1.29 is 18.7 Å². The smallest absolute Gasteiger partial charge is 0.337 e. The molecule has 1 amide bonds. The van der Waals surface area contributed by atoms with E-state index in [0.29, 0.717) is 37.9 Å². The van der Waals surface area contributed by atoms with Crippen molar-refractivity contribution in [1.82, 2.24) is 5.01 Å². The van der Waals surface area contributed by atoms with E-state index >= 15 is 0 Å². The Kier molecular flexibility index (Phi) is 5.64. The number of benzene rings is 2. The molecule has 2 aromatic carbocycles. The van der Waals surface area contributed by atoms with Crippen molar-refractivity contribution >= 4 is 57.4 Å². The van der Waals surface area contributed by atoms with Gasteiger partial charge in [0.05, 0.1) is 23.3 Å². The number of halogens is 1. The Morgan fingerprint density at radius 2 is 1.91 bits per heavy atom. The van der Waals surface area contributed by atoms with Gasteiger partial charge in [-0.3, -0.25) is 10.2 Å². The fraction of sp³-hybridized carbons (Fsp3) is 0.0417. The Labute approximate surface area is 203 Å². The normalized spacial score (nSPS) is 16.4. The van der Waals surface area contributed by atoms with E-state index < -0.39 is 11.9 Å². The fourth-order valence-electron chi connectivity index (χ4n) is 3.35. The van der Waals surface area contributed by atoms with Crippen LogP contribution < -0.4 is 0 Å². The predicted octanol–water partition coefficient (Wildman–Crippen LogP) is 5.05. The molecule has 10 heteroatoms. The monoisotopic (exact) mass is 490 g/mol. The Morgan fingerprint density at radius 1 is 1.15 bits per heavy atom. The molecule has 0 atom stereocenters. The molecule has 2 aliphatic rings. The number of carbonyl (C=O) groups is 2. The Morgan fingerprint density at radius 3 is 2.65 bits per heavy atom. The molecule has 0 fully saturated rings. The number of esters is 1. The van der Waals surface area contributed by atoms with Crippen LogP contribution in [-0.4, -0.2) is 40.0 Å².